The zero-order valence-electron chi connectivity index (χ0n) is 18.8. The number of carbonyl (C=O) groups excluding carboxylic acids is 2. The first-order chi connectivity index (χ1) is 15.0. The number of amides is 2. The summed E-state index contributed by atoms with van der Waals surface area (Å²) >= 11 is 0. The lowest BCUT2D eigenvalue weighted by Gasteiger charge is -2.22. The van der Waals surface area contributed by atoms with Crippen molar-refractivity contribution in [3.8, 4) is 0 Å². The van der Waals surface area contributed by atoms with Crippen molar-refractivity contribution in [3.63, 3.8) is 0 Å². The van der Waals surface area contributed by atoms with E-state index in [1.54, 1.807) is 7.11 Å². The number of methoxy groups -OCH3 is 1. The molecule has 0 spiro atoms. The van der Waals surface area contributed by atoms with E-state index >= 15 is 0 Å². The summed E-state index contributed by atoms with van der Waals surface area (Å²) < 4.78 is 6.90. The van der Waals surface area contributed by atoms with Crippen LogP contribution in [-0.4, -0.2) is 57.6 Å². The lowest BCUT2D eigenvalue weighted by atomic mass is 10.1. The Morgan fingerprint density at radius 2 is 1.97 bits per heavy atom. The lowest BCUT2D eigenvalue weighted by molar-refractivity contribution is -0.136. The maximum atomic E-state index is 12.4. The van der Waals surface area contributed by atoms with Crippen LogP contribution in [0.25, 0.3) is 5.65 Å². The highest BCUT2D eigenvalue weighted by atomic mass is 16.5. The molecule has 1 aliphatic carbocycles. The topological polar surface area (TPSA) is 88.8 Å². The monoisotopic (exact) mass is 427 g/mol. The van der Waals surface area contributed by atoms with E-state index in [4.69, 9.17) is 14.8 Å². The van der Waals surface area contributed by atoms with Crippen LogP contribution >= 0.6 is 0 Å². The van der Waals surface area contributed by atoms with E-state index in [9.17, 15) is 9.59 Å². The number of rotatable bonds is 7. The molecule has 0 bridgehead atoms. The van der Waals surface area contributed by atoms with Crippen molar-refractivity contribution < 1.29 is 14.3 Å². The highest BCUT2D eigenvalue weighted by molar-refractivity contribution is 5.78. The average molecular weight is 428 g/mol. The van der Waals surface area contributed by atoms with E-state index in [2.05, 4.69) is 5.32 Å². The molecular formula is C23H33N5O3. The van der Waals surface area contributed by atoms with Crippen molar-refractivity contribution in [2.75, 3.05) is 20.3 Å². The van der Waals surface area contributed by atoms with Gasteiger partial charge in [-0.05, 0) is 51.5 Å². The molecule has 1 aliphatic heterocycles. The smallest absolute Gasteiger partial charge is 0.249 e. The second-order valence-corrected chi connectivity index (χ2v) is 8.83. The van der Waals surface area contributed by atoms with Crippen LogP contribution < -0.4 is 5.32 Å². The summed E-state index contributed by atoms with van der Waals surface area (Å²) in [6, 6.07) is 2.29. The highest BCUT2D eigenvalue weighted by Gasteiger charge is 2.32. The van der Waals surface area contributed by atoms with Crippen molar-refractivity contribution in [1.29, 1.82) is 0 Å². The van der Waals surface area contributed by atoms with Gasteiger partial charge >= 0.3 is 0 Å². The second-order valence-electron chi connectivity index (χ2n) is 8.83. The number of carbonyl (C=O) groups is 2. The van der Waals surface area contributed by atoms with Crippen LogP contribution in [0.1, 0.15) is 73.6 Å². The first-order valence-electron chi connectivity index (χ1n) is 11.4. The minimum absolute atomic E-state index is 0.00289. The molecule has 0 aromatic carbocycles. The molecule has 2 aromatic rings. The fourth-order valence-electron chi connectivity index (χ4n) is 5.06. The van der Waals surface area contributed by atoms with Gasteiger partial charge in [0.05, 0.1) is 11.7 Å². The Morgan fingerprint density at radius 3 is 2.71 bits per heavy atom. The third-order valence-corrected chi connectivity index (χ3v) is 6.69. The molecule has 1 N–H and O–H groups in total. The summed E-state index contributed by atoms with van der Waals surface area (Å²) in [5.41, 5.74) is 4.67. The summed E-state index contributed by atoms with van der Waals surface area (Å²) in [5.74, 6) is 0.113. The van der Waals surface area contributed by atoms with Gasteiger partial charge in [-0.3, -0.25) is 9.59 Å². The third kappa shape index (κ3) is 4.59. The quantitative estimate of drug-likeness (QED) is 0.734. The van der Waals surface area contributed by atoms with Gasteiger partial charge in [-0.2, -0.15) is 5.10 Å². The molecule has 2 aromatic heterocycles. The molecule has 1 saturated heterocycles. The van der Waals surface area contributed by atoms with E-state index in [-0.39, 0.29) is 24.5 Å². The predicted octanol–water partition coefficient (Wildman–Crippen LogP) is 2.65. The normalized spacial score (nSPS) is 19.5. The predicted molar refractivity (Wildman–Crippen MR) is 117 cm³/mol. The molecule has 3 heterocycles. The number of fused-ring (bicyclic) bond motifs is 1. The van der Waals surface area contributed by atoms with E-state index < -0.39 is 0 Å². The molecular weight excluding hydrogens is 394 g/mol. The zero-order valence-corrected chi connectivity index (χ0v) is 18.8. The van der Waals surface area contributed by atoms with Crippen LogP contribution in [0.15, 0.2) is 6.07 Å². The van der Waals surface area contributed by atoms with Crippen molar-refractivity contribution in [3.05, 3.63) is 28.7 Å². The summed E-state index contributed by atoms with van der Waals surface area (Å²) in [4.78, 5) is 31.4. The average Bonchev–Trinajstić information content (AvgIpc) is 3.48. The maximum absolute atomic E-state index is 12.4. The summed E-state index contributed by atoms with van der Waals surface area (Å²) in [6.45, 7) is 4.85. The molecule has 168 valence electrons. The van der Waals surface area contributed by atoms with Gasteiger partial charge in [-0.15, -0.1) is 0 Å². The SMILES string of the molecule is COCC(=O)N1CCCC1c1cc2nc(C)c(CCC(=O)NC3CCCC3)c(C)n2n1. The molecule has 1 saturated carbocycles. The largest absolute Gasteiger partial charge is 0.375 e. The van der Waals surface area contributed by atoms with E-state index in [0.717, 1.165) is 60.5 Å². The Hall–Kier alpha value is -2.48. The number of nitrogens with one attached hydrogen (secondary N) is 1. The van der Waals surface area contributed by atoms with Crippen molar-refractivity contribution in [2.45, 2.75) is 77.3 Å². The fourth-order valence-corrected chi connectivity index (χ4v) is 5.06. The van der Waals surface area contributed by atoms with E-state index in [1.165, 1.54) is 12.8 Å². The first-order valence-corrected chi connectivity index (χ1v) is 11.4. The summed E-state index contributed by atoms with van der Waals surface area (Å²) in [7, 11) is 1.54. The number of likely N-dealkylation sites (tertiary alicyclic amines) is 1. The summed E-state index contributed by atoms with van der Waals surface area (Å²) in [5, 5.41) is 7.98. The van der Waals surface area contributed by atoms with Crippen molar-refractivity contribution >= 4 is 17.5 Å². The molecule has 4 rings (SSSR count). The van der Waals surface area contributed by atoms with Crippen LogP contribution in [0.4, 0.5) is 0 Å². The number of aromatic nitrogens is 3. The number of ether oxygens (including phenoxy) is 1. The molecule has 2 fully saturated rings. The van der Waals surface area contributed by atoms with Crippen LogP contribution in [0.2, 0.25) is 0 Å². The Kier molecular flexibility index (Phi) is 6.55. The Balaban J connectivity index is 1.51. The van der Waals surface area contributed by atoms with Crippen LogP contribution in [-0.2, 0) is 20.7 Å². The highest BCUT2D eigenvalue weighted by Crippen LogP contribution is 2.32. The van der Waals surface area contributed by atoms with Crippen molar-refractivity contribution in [2.24, 2.45) is 0 Å². The van der Waals surface area contributed by atoms with E-state index in [1.807, 2.05) is 29.3 Å². The van der Waals surface area contributed by atoms with Crippen molar-refractivity contribution in [1.82, 2.24) is 24.8 Å². The molecule has 8 nitrogen and oxygen atoms in total. The fraction of sp³-hybridized carbons (Fsp3) is 0.652. The second kappa shape index (κ2) is 9.34. The first kappa shape index (κ1) is 21.7. The minimum Gasteiger partial charge on any atom is -0.375 e. The summed E-state index contributed by atoms with van der Waals surface area (Å²) in [6.07, 6.45) is 7.57. The van der Waals surface area contributed by atoms with Crippen LogP contribution in [0.5, 0.6) is 0 Å². The van der Waals surface area contributed by atoms with Gasteiger partial charge in [0.1, 0.15) is 6.61 Å². The number of nitrogens with zero attached hydrogens (tertiary/aromatic N) is 4. The zero-order chi connectivity index (χ0) is 22.0. The molecule has 1 atom stereocenters. The van der Waals surface area contributed by atoms with Gasteiger partial charge in [0, 0.05) is 43.6 Å². The molecule has 31 heavy (non-hydrogen) atoms. The van der Waals surface area contributed by atoms with Crippen LogP contribution in [0.3, 0.4) is 0 Å². The third-order valence-electron chi connectivity index (χ3n) is 6.69. The molecule has 8 heteroatoms. The standard InChI is InChI=1S/C23H33N5O3/c1-15-18(10-11-22(29)25-17-7-4-5-8-17)16(2)28-21(24-15)13-19(26-28)20-9-6-12-27(20)23(30)14-31-3/h13,17,20H,4-12,14H2,1-3H3,(H,25,29). The van der Waals surface area contributed by atoms with Crippen LogP contribution in [0, 0.1) is 13.8 Å². The Labute approximate surface area is 183 Å². The minimum atomic E-state index is -0.0373. The van der Waals surface area contributed by atoms with E-state index in [0.29, 0.717) is 18.9 Å². The number of aryl methyl sites for hydroxylation is 2. The van der Waals surface area contributed by atoms with Gasteiger partial charge in [-0.25, -0.2) is 9.50 Å². The molecule has 2 amide bonds. The lowest BCUT2D eigenvalue weighted by Crippen LogP contribution is -2.33. The molecule has 2 aliphatic rings. The number of hydrogen-bond acceptors (Lipinski definition) is 5. The van der Waals surface area contributed by atoms with Gasteiger partial charge in [0.15, 0.2) is 5.65 Å². The van der Waals surface area contributed by atoms with Gasteiger partial charge in [0.25, 0.3) is 0 Å². The number of hydrogen-bond donors (Lipinski definition) is 1. The Morgan fingerprint density at radius 1 is 1.19 bits per heavy atom. The Bertz CT molecular complexity index is 964. The molecule has 0 radical (unpaired) electrons. The van der Waals surface area contributed by atoms with Gasteiger partial charge in [0.2, 0.25) is 11.8 Å². The van der Waals surface area contributed by atoms with Gasteiger partial charge < -0.3 is 15.0 Å². The van der Waals surface area contributed by atoms with Gasteiger partial charge in [-0.1, -0.05) is 12.8 Å². The maximum Gasteiger partial charge on any atom is 0.249 e. The molecule has 1 unspecified atom stereocenters.